The number of rotatable bonds is 7. The number of aromatic amines is 1. The fourth-order valence-corrected chi connectivity index (χ4v) is 2.44. The van der Waals surface area contributed by atoms with Crippen molar-refractivity contribution in [2.75, 3.05) is 19.6 Å². The molecule has 0 radical (unpaired) electrons. The number of aromatic nitrogens is 1. The highest BCUT2D eigenvalue weighted by atomic mass is 15.1. The van der Waals surface area contributed by atoms with Crippen molar-refractivity contribution in [3.8, 4) is 0 Å². The van der Waals surface area contributed by atoms with Crippen LogP contribution in [0.4, 0.5) is 0 Å². The first-order valence-corrected chi connectivity index (χ1v) is 6.73. The van der Waals surface area contributed by atoms with Gasteiger partial charge in [-0.3, -0.25) is 4.90 Å². The summed E-state index contributed by atoms with van der Waals surface area (Å²) in [5, 5.41) is 1.35. The zero-order valence-corrected chi connectivity index (χ0v) is 11.2. The van der Waals surface area contributed by atoms with Gasteiger partial charge in [0, 0.05) is 30.2 Å². The minimum Gasteiger partial charge on any atom is -0.361 e. The van der Waals surface area contributed by atoms with Crippen LogP contribution in [-0.4, -0.2) is 29.5 Å². The summed E-state index contributed by atoms with van der Waals surface area (Å²) in [4.78, 5) is 5.72. The van der Waals surface area contributed by atoms with Crippen molar-refractivity contribution in [1.29, 1.82) is 0 Å². The summed E-state index contributed by atoms with van der Waals surface area (Å²) >= 11 is 0. The number of hydrogen-bond donors (Lipinski definition) is 1. The highest BCUT2D eigenvalue weighted by Gasteiger charge is 2.05. The van der Waals surface area contributed by atoms with E-state index in [1.165, 1.54) is 22.9 Å². The SMILES string of the molecule is C=CCN(CCC)CCc1cccc2[nH]ccc12. The lowest BCUT2D eigenvalue weighted by atomic mass is 10.1. The Morgan fingerprint density at radius 3 is 2.94 bits per heavy atom. The molecule has 1 N–H and O–H groups in total. The van der Waals surface area contributed by atoms with Crippen LogP contribution in [0.5, 0.6) is 0 Å². The summed E-state index contributed by atoms with van der Waals surface area (Å²) in [6.45, 7) is 9.29. The summed E-state index contributed by atoms with van der Waals surface area (Å²) in [7, 11) is 0. The maximum Gasteiger partial charge on any atom is 0.0456 e. The van der Waals surface area contributed by atoms with Crippen LogP contribution in [0.15, 0.2) is 43.1 Å². The van der Waals surface area contributed by atoms with E-state index in [1.54, 1.807) is 0 Å². The Morgan fingerprint density at radius 1 is 1.28 bits per heavy atom. The molecule has 2 aromatic rings. The molecule has 0 aliphatic rings. The van der Waals surface area contributed by atoms with Crippen molar-refractivity contribution < 1.29 is 0 Å². The monoisotopic (exact) mass is 242 g/mol. The highest BCUT2D eigenvalue weighted by Crippen LogP contribution is 2.18. The molecule has 0 aliphatic carbocycles. The molecular formula is C16H22N2. The Bertz CT molecular complexity index is 499. The second-order valence-corrected chi connectivity index (χ2v) is 4.70. The quantitative estimate of drug-likeness (QED) is 0.735. The number of fused-ring (bicyclic) bond motifs is 1. The molecule has 0 saturated carbocycles. The standard InChI is InChI=1S/C16H22N2/c1-3-11-18(12-4-2)13-9-14-6-5-7-16-15(14)8-10-17-16/h3,5-8,10,17H,1,4,9,11-13H2,2H3. The topological polar surface area (TPSA) is 19.0 Å². The molecule has 2 heteroatoms. The van der Waals surface area contributed by atoms with E-state index in [9.17, 15) is 0 Å². The maximum atomic E-state index is 3.83. The molecular weight excluding hydrogens is 220 g/mol. The van der Waals surface area contributed by atoms with Gasteiger partial charge in [0.25, 0.3) is 0 Å². The van der Waals surface area contributed by atoms with Crippen molar-refractivity contribution in [1.82, 2.24) is 9.88 Å². The Kier molecular flexibility index (Phi) is 4.59. The highest BCUT2D eigenvalue weighted by molar-refractivity contribution is 5.82. The summed E-state index contributed by atoms with van der Waals surface area (Å²) < 4.78 is 0. The van der Waals surface area contributed by atoms with Crippen LogP contribution < -0.4 is 0 Å². The van der Waals surface area contributed by atoms with Gasteiger partial charge in [0.1, 0.15) is 0 Å². The molecule has 2 nitrogen and oxygen atoms in total. The smallest absolute Gasteiger partial charge is 0.0456 e. The average Bonchev–Trinajstić information content (AvgIpc) is 2.85. The Morgan fingerprint density at radius 2 is 2.17 bits per heavy atom. The molecule has 0 bridgehead atoms. The van der Waals surface area contributed by atoms with Crippen LogP contribution in [0.1, 0.15) is 18.9 Å². The molecule has 2 rings (SSSR count). The number of hydrogen-bond acceptors (Lipinski definition) is 1. The van der Waals surface area contributed by atoms with Crippen LogP contribution in [-0.2, 0) is 6.42 Å². The fourth-order valence-electron chi connectivity index (χ4n) is 2.44. The number of nitrogens with one attached hydrogen (secondary N) is 1. The van der Waals surface area contributed by atoms with E-state index in [4.69, 9.17) is 0 Å². The molecule has 0 saturated heterocycles. The maximum absolute atomic E-state index is 3.83. The van der Waals surface area contributed by atoms with Gasteiger partial charge in [-0.2, -0.15) is 0 Å². The predicted octanol–water partition coefficient (Wildman–Crippen LogP) is 3.61. The lowest BCUT2D eigenvalue weighted by molar-refractivity contribution is 0.307. The number of benzene rings is 1. The third-order valence-corrected chi connectivity index (χ3v) is 3.31. The minimum atomic E-state index is 0.983. The van der Waals surface area contributed by atoms with Crippen molar-refractivity contribution in [3.63, 3.8) is 0 Å². The van der Waals surface area contributed by atoms with Crippen molar-refractivity contribution in [3.05, 3.63) is 48.7 Å². The first-order chi connectivity index (χ1) is 8.85. The molecule has 0 atom stereocenters. The van der Waals surface area contributed by atoms with Crippen molar-refractivity contribution in [2.45, 2.75) is 19.8 Å². The van der Waals surface area contributed by atoms with Gasteiger partial charge in [0.05, 0.1) is 0 Å². The van der Waals surface area contributed by atoms with E-state index in [2.05, 4.69) is 47.7 Å². The van der Waals surface area contributed by atoms with Crippen LogP contribution in [0, 0.1) is 0 Å². The Balaban J connectivity index is 2.04. The summed E-state index contributed by atoms with van der Waals surface area (Å²) in [5.74, 6) is 0. The molecule has 1 aromatic heterocycles. The van der Waals surface area contributed by atoms with E-state index in [1.807, 2.05) is 12.3 Å². The first-order valence-electron chi connectivity index (χ1n) is 6.73. The van der Waals surface area contributed by atoms with Gasteiger partial charge in [-0.1, -0.05) is 25.1 Å². The van der Waals surface area contributed by atoms with Crippen LogP contribution in [0.25, 0.3) is 10.9 Å². The third-order valence-electron chi connectivity index (χ3n) is 3.31. The predicted molar refractivity (Wildman–Crippen MR) is 78.9 cm³/mol. The number of nitrogens with zero attached hydrogens (tertiary/aromatic N) is 1. The Hall–Kier alpha value is -1.54. The lowest BCUT2D eigenvalue weighted by Gasteiger charge is -2.19. The molecule has 0 spiro atoms. The number of H-pyrrole nitrogens is 1. The second-order valence-electron chi connectivity index (χ2n) is 4.70. The molecule has 0 unspecified atom stereocenters. The fraction of sp³-hybridized carbons (Fsp3) is 0.375. The second kappa shape index (κ2) is 6.41. The molecule has 0 amide bonds. The zero-order valence-electron chi connectivity index (χ0n) is 11.2. The van der Waals surface area contributed by atoms with Crippen molar-refractivity contribution in [2.24, 2.45) is 0 Å². The van der Waals surface area contributed by atoms with Gasteiger partial charge in [-0.05, 0) is 37.1 Å². The van der Waals surface area contributed by atoms with Gasteiger partial charge >= 0.3 is 0 Å². The average molecular weight is 242 g/mol. The third kappa shape index (κ3) is 3.02. The molecule has 18 heavy (non-hydrogen) atoms. The molecule has 0 aliphatic heterocycles. The minimum absolute atomic E-state index is 0.983. The Labute approximate surface area is 109 Å². The van der Waals surface area contributed by atoms with Gasteiger partial charge < -0.3 is 4.98 Å². The van der Waals surface area contributed by atoms with E-state index in [-0.39, 0.29) is 0 Å². The lowest BCUT2D eigenvalue weighted by Crippen LogP contribution is -2.27. The van der Waals surface area contributed by atoms with Crippen LogP contribution in [0.2, 0.25) is 0 Å². The summed E-state index contributed by atoms with van der Waals surface area (Å²) in [6, 6.07) is 8.66. The van der Waals surface area contributed by atoms with E-state index < -0.39 is 0 Å². The molecule has 1 aromatic carbocycles. The zero-order chi connectivity index (χ0) is 12.8. The van der Waals surface area contributed by atoms with E-state index >= 15 is 0 Å². The van der Waals surface area contributed by atoms with E-state index in [0.717, 1.165) is 26.1 Å². The van der Waals surface area contributed by atoms with Crippen LogP contribution >= 0.6 is 0 Å². The van der Waals surface area contributed by atoms with E-state index in [0.29, 0.717) is 0 Å². The molecule has 0 fully saturated rings. The largest absolute Gasteiger partial charge is 0.361 e. The van der Waals surface area contributed by atoms with Gasteiger partial charge in [0.2, 0.25) is 0 Å². The summed E-state index contributed by atoms with van der Waals surface area (Å²) in [5.41, 5.74) is 2.66. The van der Waals surface area contributed by atoms with Gasteiger partial charge in [-0.25, -0.2) is 0 Å². The summed E-state index contributed by atoms with van der Waals surface area (Å²) in [6.07, 6.45) is 6.31. The molecule has 96 valence electrons. The van der Waals surface area contributed by atoms with Crippen molar-refractivity contribution >= 4 is 10.9 Å². The van der Waals surface area contributed by atoms with Crippen LogP contribution in [0.3, 0.4) is 0 Å². The van der Waals surface area contributed by atoms with Gasteiger partial charge in [0.15, 0.2) is 0 Å². The van der Waals surface area contributed by atoms with Gasteiger partial charge in [-0.15, -0.1) is 6.58 Å². The normalized spacial score (nSPS) is 11.2. The molecule has 1 heterocycles. The first kappa shape index (κ1) is 12.9.